The Hall–Kier alpha value is -3.93. The molecule has 1 aliphatic heterocycles. The van der Waals surface area contributed by atoms with Gasteiger partial charge in [0, 0.05) is 32.5 Å². The predicted octanol–water partition coefficient (Wildman–Crippen LogP) is 3.16. The summed E-state index contributed by atoms with van der Waals surface area (Å²) in [6.45, 7) is 12.7. The van der Waals surface area contributed by atoms with E-state index in [9.17, 15) is 14.4 Å². The second-order valence-corrected chi connectivity index (χ2v) is 11.8. The minimum Gasteiger partial charge on any atom is -0.493 e. The predicted molar refractivity (Wildman–Crippen MR) is 173 cm³/mol. The summed E-state index contributed by atoms with van der Waals surface area (Å²) >= 11 is 0. The standard InChI is InChI=1S/C33H51N7O5/c1-8-22(3)20-39-16-10-12-29(41)37-31(23(4)9-2)33(43)35-24(5)32-36-28(38-40(32)21-30(42)34-15-11-17-39)19-25-13-14-26(44-6)27(18-25)45-7/h8,13-14,18,23-24,31H,9-12,15-17,19-21H2,1-7H3,(H,34,42)(H,35,43)(H,37,41)/t23-,24+,31-/m0/s1. The number of nitrogens with one attached hydrogen (secondary N) is 3. The maximum absolute atomic E-state index is 13.6. The first kappa shape index (κ1) is 35.5. The highest BCUT2D eigenvalue weighted by Crippen LogP contribution is 2.28. The summed E-state index contributed by atoms with van der Waals surface area (Å²) in [4.78, 5) is 46.7. The lowest BCUT2D eigenvalue weighted by atomic mass is 9.97. The Bertz CT molecular complexity index is 1320. The second-order valence-electron chi connectivity index (χ2n) is 11.8. The molecular weight excluding hydrogens is 574 g/mol. The third-order valence-corrected chi connectivity index (χ3v) is 8.22. The van der Waals surface area contributed by atoms with Crippen molar-refractivity contribution in [2.75, 3.05) is 40.4 Å². The lowest BCUT2D eigenvalue weighted by Gasteiger charge is -2.26. The van der Waals surface area contributed by atoms with E-state index in [-0.39, 0.29) is 30.2 Å². The number of aromatic nitrogens is 3. The van der Waals surface area contributed by atoms with Crippen LogP contribution in [-0.4, -0.2) is 83.8 Å². The van der Waals surface area contributed by atoms with Gasteiger partial charge in [0.2, 0.25) is 17.7 Å². The average molecular weight is 626 g/mol. The van der Waals surface area contributed by atoms with Gasteiger partial charge >= 0.3 is 0 Å². The van der Waals surface area contributed by atoms with Gasteiger partial charge in [-0.25, -0.2) is 9.67 Å². The molecule has 248 valence electrons. The molecule has 0 unspecified atom stereocenters. The summed E-state index contributed by atoms with van der Waals surface area (Å²) in [7, 11) is 3.16. The van der Waals surface area contributed by atoms with E-state index in [0.717, 1.165) is 38.0 Å². The molecule has 45 heavy (non-hydrogen) atoms. The fourth-order valence-corrected chi connectivity index (χ4v) is 5.30. The number of hydrogen-bond acceptors (Lipinski definition) is 8. The van der Waals surface area contributed by atoms with Crippen molar-refractivity contribution in [2.45, 2.75) is 85.4 Å². The molecule has 0 radical (unpaired) electrons. The maximum atomic E-state index is 13.6. The molecule has 3 N–H and O–H groups in total. The number of benzene rings is 1. The molecule has 1 aromatic carbocycles. The first-order valence-electron chi connectivity index (χ1n) is 15.9. The van der Waals surface area contributed by atoms with Crippen LogP contribution >= 0.6 is 0 Å². The highest BCUT2D eigenvalue weighted by molar-refractivity contribution is 5.88. The Morgan fingerprint density at radius 1 is 1.09 bits per heavy atom. The molecule has 0 fully saturated rings. The molecule has 0 aliphatic carbocycles. The molecule has 1 aromatic heterocycles. The van der Waals surface area contributed by atoms with Crippen LogP contribution in [0.1, 0.15) is 83.6 Å². The average Bonchev–Trinajstić information content (AvgIpc) is 3.42. The lowest BCUT2D eigenvalue weighted by Crippen LogP contribution is -2.51. The fourth-order valence-electron chi connectivity index (χ4n) is 5.30. The van der Waals surface area contributed by atoms with E-state index in [0.29, 0.717) is 49.0 Å². The Morgan fingerprint density at radius 2 is 1.82 bits per heavy atom. The number of nitrogens with zero attached hydrogens (tertiary/aromatic N) is 4. The molecule has 0 bridgehead atoms. The molecule has 0 saturated carbocycles. The van der Waals surface area contributed by atoms with Gasteiger partial charge < -0.3 is 25.4 Å². The van der Waals surface area contributed by atoms with E-state index in [1.807, 2.05) is 45.9 Å². The summed E-state index contributed by atoms with van der Waals surface area (Å²) < 4.78 is 12.4. The zero-order valence-corrected chi connectivity index (χ0v) is 27.9. The smallest absolute Gasteiger partial charge is 0.243 e. The summed E-state index contributed by atoms with van der Waals surface area (Å²) in [5.41, 5.74) is 2.15. The zero-order chi connectivity index (χ0) is 32.9. The second kappa shape index (κ2) is 17.5. The van der Waals surface area contributed by atoms with E-state index in [1.54, 1.807) is 18.9 Å². The number of hydrogen-bond donors (Lipinski definition) is 3. The van der Waals surface area contributed by atoms with Crippen LogP contribution in [0.5, 0.6) is 11.5 Å². The van der Waals surface area contributed by atoms with Crippen molar-refractivity contribution in [1.82, 2.24) is 35.6 Å². The Labute approximate surface area is 267 Å². The van der Waals surface area contributed by atoms with Crippen molar-refractivity contribution < 1.29 is 23.9 Å². The van der Waals surface area contributed by atoms with Crippen molar-refractivity contribution in [2.24, 2.45) is 5.92 Å². The van der Waals surface area contributed by atoms with Crippen molar-refractivity contribution in [1.29, 1.82) is 0 Å². The monoisotopic (exact) mass is 625 g/mol. The van der Waals surface area contributed by atoms with Crippen LogP contribution in [0.3, 0.4) is 0 Å². The fraction of sp³-hybridized carbons (Fsp3) is 0.606. The largest absolute Gasteiger partial charge is 0.493 e. The lowest BCUT2D eigenvalue weighted by molar-refractivity contribution is -0.130. The Morgan fingerprint density at radius 3 is 2.51 bits per heavy atom. The van der Waals surface area contributed by atoms with Gasteiger partial charge in [-0.05, 0) is 63.8 Å². The number of methoxy groups -OCH3 is 2. The molecule has 2 aromatic rings. The highest BCUT2D eigenvalue weighted by atomic mass is 16.5. The Kier molecular flexibility index (Phi) is 13.8. The van der Waals surface area contributed by atoms with Gasteiger partial charge in [0.25, 0.3) is 0 Å². The van der Waals surface area contributed by atoms with E-state index in [4.69, 9.17) is 14.5 Å². The zero-order valence-electron chi connectivity index (χ0n) is 27.9. The van der Waals surface area contributed by atoms with E-state index < -0.39 is 12.1 Å². The number of amides is 3. The van der Waals surface area contributed by atoms with Gasteiger partial charge in [0.1, 0.15) is 18.4 Å². The number of rotatable bonds is 8. The maximum Gasteiger partial charge on any atom is 0.243 e. The van der Waals surface area contributed by atoms with Gasteiger partial charge in [-0.3, -0.25) is 19.3 Å². The van der Waals surface area contributed by atoms with Gasteiger partial charge in [-0.1, -0.05) is 38.0 Å². The molecule has 0 saturated heterocycles. The minimum atomic E-state index is -0.698. The minimum absolute atomic E-state index is 0.0403. The van der Waals surface area contributed by atoms with Crippen molar-refractivity contribution in [3.63, 3.8) is 0 Å². The quantitative estimate of drug-likeness (QED) is 0.380. The Balaban J connectivity index is 1.90. The van der Waals surface area contributed by atoms with E-state index in [1.165, 1.54) is 5.57 Å². The van der Waals surface area contributed by atoms with Crippen LogP contribution in [0.25, 0.3) is 0 Å². The van der Waals surface area contributed by atoms with Crippen molar-refractivity contribution in [3.05, 3.63) is 47.1 Å². The van der Waals surface area contributed by atoms with E-state index >= 15 is 0 Å². The highest BCUT2D eigenvalue weighted by Gasteiger charge is 2.29. The topological polar surface area (TPSA) is 140 Å². The van der Waals surface area contributed by atoms with E-state index in [2.05, 4.69) is 38.9 Å². The molecular formula is C33H51N7O5. The molecule has 1 aliphatic rings. The summed E-state index contributed by atoms with van der Waals surface area (Å²) in [6, 6.07) is 4.33. The van der Waals surface area contributed by atoms with Crippen LogP contribution in [-0.2, 0) is 27.3 Å². The van der Waals surface area contributed by atoms with Crippen LogP contribution in [0.4, 0.5) is 0 Å². The first-order chi connectivity index (χ1) is 21.6. The number of carbonyl (C=O) groups is 3. The van der Waals surface area contributed by atoms with Crippen molar-refractivity contribution in [3.8, 4) is 11.5 Å². The summed E-state index contributed by atoms with van der Waals surface area (Å²) in [6.07, 6.45) is 4.96. The number of ether oxygens (including phenoxy) is 2. The molecule has 3 atom stereocenters. The summed E-state index contributed by atoms with van der Waals surface area (Å²) in [5, 5.41) is 13.7. The molecule has 3 rings (SSSR count). The first-order valence-corrected chi connectivity index (χ1v) is 15.9. The van der Waals surface area contributed by atoms with Crippen molar-refractivity contribution >= 4 is 17.7 Å². The molecule has 2 heterocycles. The van der Waals surface area contributed by atoms with Gasteiger partial charge in [-0.2, -0.15) is 5.10 Å². The third-order valence-electron chi connectivity index (χ3n) is 8.22. The van der Waals surface area contributed by atoms with Crippen LogP contribution in [0, 0.1) is 5.92 Å². The number of carbonyl (C=O) groups excluding carboxylic acids is 3. The molecule has 3 amide bonds. The normalized spacial score (nSPS) is 20.6. The molecule has 12 heteroatoms. The number of allylic oxidation sites excluding steroid dienone is 1. The van der Waals surface area contributed by atoms with Gasteiger partial charge in [-0.15, -0.1) is 0 Å². The number of fused-ring (bicyclic) bond motifs is 1. The summed E-state index contributed by atoms with van der Waals surface area (Å²) in [5.74, 6) is 1.47. The molecule has 0 spiro atoms. The van der Waals surface area contributed by atoms with Gasteiger partial charge in [0.05, 0.1) is 20.3 Å². The van der Waals surface area contributed by atoms with Crippen LogP contribution in [0.2, 0.25) is 0 Å². The third kappa shape index (κ3) is 10.6. The van der Waals surface area contributed by atoms with Crippen LogP contribution in [0.15, 0.2) is 29.8 Å². The molecule has 12 nitrogen and oxygen atoms in total. The SMILES string of the molecule is CC=C(C)CN1CCCNC(=O)Cn2nc(Cc3ccc(OC)c(OC)c3)nc2[C@@H](C)NC(=O)[C@H]([C@@H](C)CC)NC(=O)CCC1. The van der Waals surface area contributed by atoms with Crippen LogP contribution < -0.4 is 25.4 Å². The van der Waals surface area contributed by atoms with Gasteiger partial charge in [0.15, 0.2) is 17.3 Å².